The monoisotopic (exact) mass is 375 g/mol. The molecule has 1 aromatic carbocycles. The summed E-state index contributed by atoms with van der Waals surface area (Å²) in [6, 6.07) is 9.17. The first-order chi connectivity index (χ1) is 12.3. The van der Waals surface area contributed by atoms with Crippen LogP contribution in [0.5, 0.6) is 0 Å². The first-order valence-electron chi connectivity index (χ1n) is 7.29. The second kappa shape index (κ2) is 6.32. The van der Waals surface area contributed by atoms with Gasteiger partial charge < -0.3 is 0 Å². The van der Waals surface area contributed by atoms with Crippen molar-refractivity contribution < 1.29 is 13.2 Å². The fraction of sp³-hybridized carbons (Fsp3) is 0.176. The van der Waals surface area contributed by atoms with Gasteiger partial charge in [0.15, 0.2) is 11.3 Å². The van der Waals surface area contributed by atoms with Crippen LogP contribution in [-0.4, -0.2) is 14.6 Å². The van der Waals surface area contributed by atoms with Gasteiger partial charge in [0.2, 0.25) is 0 Å². The van der Waals surface area contributed by atoms with Crippen LogP contribution in [0.3, 0.4) is 0 Å². The molecule has 0 amide bonds. The minimum atomic E-state index is -4.72. The van der Waals surface area contributed by atoms with E-state index in [-0.39, 0.29) is 29.0 Å². The molecule has 0 saturated heterocycles. The van der Waals surface area contributed by atoms with Crippen LogP contribution in [0.2, 0.25) is 5.02 Å². The molecule has 0 radical (unpaired) electrons. The Morgan fingerprint density at radius 2 is 1.96 bits per heavy atom. The maximum absolute atomic E-state index is 13.5. The van der Waals surface area contributed by atoms with Crippen molar-refractivity contribution in [2.24, 2.45) is 0 Å². The normalized spacial score (nSPS) is 11.3. The van der Waals surface area contributed by atoms with Crippen molar-refractivity contribution in [3.8, 4) is 23.4 Å². The topological polar surface area (TPSA) is 77.8 Å². The van der Waals surface area contributed by atoms with Crippen molar-refractivity contribution in [2.75, 3.05) is 0 Å². The molecular formula is C17H9ClF3N5. The molecule has 0 fully saturated rings. The number of halogens is 4. The van der Waals surface area contributed by atoms with Crippen molar-refractivity contribution in [3.05, 3.63) is 51.8 Å². The lowest BCUT2D eigenvalue weighted by molar-refractivity contribution is -0.142. The van der Waals surface area contributed by atoms with E-state index in [9.17, 15) is 18.4 Å². The van der Waals surface area contributed by atoms with E-state index >= 15 is 0 Å². The van der Waals surface area contributed by atoms with Crippen molar-refractivity contribution in [1.82, 2.24) is 14.6 Å². The number of hydrogen-bond donors (Lipinski definition) is 0. The third-order valence-corrected chi connectivity index (χ3v) is 4.19. The molecule has 0 atom stereocenters. The molecule has 9 heteroatoms. The maximum atomic E-state index is 13.5. The summed E-state index contributed by atoms with van der Waals surface area (Å²) < 4.78 is 41.2. The minimum Gasteiger partial charge on any atom is -0.227 e. The second-order valence-electron chi connectivity index (χ2n) is 5.49. The van der Waals surface area contributed by atoms with Crippen molar-refractivity contribution >= 4 is 17.2 Å². The van der Waals surface area contributed by atoms with E-state index in [1.807, 2.05) is 0 Å². The fourth-order valence-corrected chi connectivity index (χ4v) is 2.65. The van der Waals surface area contributed by atoms with Crippen molar-refractivity contribution in [1.29, 1.82) is 10.5 Å². The Balaban J connectivity index is 2.37. The van der Waals surface area contributed by atoms with E-state index in [1.165, 1.54) is 0 Å². The summed E-state index contributed by atoms with van der Waals surface area (Å²) in [7, 11) is 0. The van der Waals surface area contributed by atoms with E-state index in [0.717, 1.165) is 6.07 Å². The highest BCUT2D eigenvalue weighted by Gasteiger charge is 2.36. The van der Waals surface area contributed by atoms with Crippen molar-refractivity contribution in [2.45, 2.75) is 19.5 Å². The molecule has 0 aliphatic rings. The zero-order valence-corrected chi connectivity index (χ0v) is 14.0. The molecule has 0 N–H and O–H groups in total. The molecule has 26 heavy (non-hydrogen) atoms. The van der Waals surface area contributed by atoms with Crippen LogP contribution in [0.15, 0.2) is 24.3 Å². The van der Waals surface area contributed by atoms with Crippen LogP contribution < -0.4 is 0 Å². The average Bonchev–Trinajstić information content (AvgIpc) is 2.92. The van der Waals surface area contributed by atoms with E-state index in [0.29, 0.717) is 20.7 Å². The van der Waals surface area contributed by atoms with Gasteiger partial charge in [0.05, 0.1) is 23.9 Å². The highest BCUT2D eigenvalue weighted by Crippen LogP contribution is 2.34. The SMILES string of the molecule is Cc1cc(-c2cc(C(F)(F)F)n3nc(CC#N)c(C#N)c3n2)ccc1Cl. The van der Waals surface area contributed by atoms with E-state index in [1.54, 1.807) is 37.3 Å². The summed E-state index contributed by atoms with van der Waals surface area (Å²) in [5.41, 5.74) is -0.377. The van der Waals surface area contributed by atoms with Crippen LogP contribution in [0, 0.1) is 29.6 Å². The number of rotatable bonds is 2. The predicted octanol–water partition coefficient (Wildman–Crippen LogP) is 4.31. The summed E-state index contributed by atoms with van der Waals surface area (Å²) in [6.07, 6.45) is -5.01. The number of fused-ring (bicyclic) bond motifs is 1. The lowest BCUT2D eigenvalue weighted by Crippen LogP contribution is -2.14. The number of aromatic nitrogens is 3. The zero-order valence-electron chi connectivity index (χ0n) is 13.3. The molecule has 0 unspecified atom stereocenters. The van der Waals surface area contributed by atoms with Gasteiger partial charge in [-0.15, -0.1) is 0 Å². The number of nitriles is 2. The quantitative estimate of drug-likeness (QED) is 0.668. The average molecular weight is 376 g/mol. The Hall–Kier alpha value is -3.10. The number of benzene rings is 1. The molecule has 2 heterocycles. The van der Waals surface area contributed by atoms with Gasteiger partial charge in [0.1, 0.15) is 11.6 Å². The molecule has 2 aromatic heterocycles. The molecule has 3 aromatic rings. The van der Waals surface area contributed by atoms with Gasteiger partial charge in [-0.1, -0.05) is 17.7 Å². The summed E-state index contributed by atoms with van der Waals surface area (Å²) in [6.45, 7) is 1.72. The summed E-state index contributed by atoms with van der Waals surface area (Å²) >= 11 is 5.96. The van der Waals surface area contributed by atoms with Gasteiger partial charge in [0, 0.05) is 10.6 Å². The number of aryl methyl sites for hydroxylation is 1. The number of alkyl halides is 3. The van der Waals surface area contributed by atoms with Gasteiger partial charge in [-0.2, -0.15) is 28.8 Å². The Morgan fingerprint density at radius 3 is 2.54 bits per heavy atom. The van der Waals surface area contributed by atoms with Gasteiger partial charge in [0.25, 0.3) is 0 Å². The lowest BCUT2D eigenvalue weighted by Gasteiger charge is -2.11. The Morgan fingerprint density at radius 1 is 1.23 bits per heavy atom. The van der Waals surface area contributed by atoms with Crippen LogP contribution in [-0.2, 0) is 12.6 Å². The van der Waals surface area contributed by atoms with Gasteiger partial charge in [-0.3, -0.25) is 0 Å². The summed E-state index contributed by atoms with van der Waals surface area (Å²) in [5, 5.41) is 22.4. The van der Waals surface area contributed by atoms with Crippen LogP contribution in [0.1, 0.15) is 22.5 Å². The molecule has 0 saturated carbocycles. The van der Waals surface area contributed by atoms with Crippen LogP contribution >= 0.6 is 11.6 Å². The van der Waals surface area contributed by atoms with E-state index in [2.05, 4.69) is 10.1 Å². The first kappa shape index (κ1) is 17.7. The molecular weight excluding hydrogens is 367 g/mol. The second-order valence-corrected chi connectivity index (χ2v) is 5.90. The Labute approximate surface area is 150 Å². The predicted molar refractivity (Wildman–Crippen MR) is 87.2 cm³/mol. The zero-order chi connectivity index (χ0) is 19.1. The maximum Gasteiger partial charge on any atom is 0.433 e. The molecule has 0 bridgehead atoms. The number of nitrogens with zero attached hydrogens (tertiary/aromatic N) is 5. The molecule has 130 valence electrons. The molecule has 0 spiro atoms. The van der Waals surface area contributed by atoms with Crippen LogP contribution in [0.4, 0.5) is 13.2 Å². The highest BCUT2D eigenvalue weighted by atomic mass is 35.5. The van der Waals surface area contributed by atoms with Crippen LogP contribution in [0.25, 0.3) is 16.9 Å². The summed E-state index contributed by atoms with van der Waals surface area (Å²) in [5.74, 6) is 0. The smallest absolute Gasteiger partial charge is 0.227 e. The first-order valence-corrected chi connectivity index (χ1v) is 7.67. The molecule has 0 aliphatic carbocycles. The van der Waals surface area contributed by atoms with Gasteiger partial charge in [-0.05, 0) is 30.7 Å². The molecule has 3 rings (SSSR count). The summed E-state index contributed by atoms with van der Waals surface area (Å²) in [4.78, 5) is 4.19. The Bertz CT molecular complexity index is 1100. The van der Waals surface area contributed by atoms with E-state index in [4.69, 9.17) is 16.9 Å². The third-order valence-electron chi connectivity index (χ3n) is 3.76. The van der Waals surface area contributed by atoms with Crippen molar-refractivity contribution in [3.63, 3.8) is 0 Å². The van der Waals surface area contributed by atoms with Gasteiger partial charge in [-0.25, -0.2) is 9.50 Å². The fourth-order valence-electron chi connectivity index (χ4n) is 2.53. The largest absolute Gasteiger partial charge is 0.433 e. The van der Waals surface area contributed by atoms with Gasteiger partial charge >= 0.3 is 6.18 Å². The molecule has 5 nitrogen and oxygen atoms in total. The minimum absolute atomic E-state index is 0.0319. The number of hydrogen-bond acceptors (Lipinski definition) is 4. The van der Waals surface area contributed by atoms with E-state index < -0.39 is 11.9 Å². The standard InChI is InChI=1S/C17H9ClF3N5/c1-9-6-10(2-3-12(9)18)14-7-15(17(19,20)21)26-16(24-14)11(8-23)13(25-26)4-5-22/h2-3,6-7H,4H2,1H3. The molecule has 0 aliphatic heterocycles. The third kappa shape index (κ3) is 2.96. The Kier molecular flexibility index (Phi) is 4.31. The highest BCUT2D eigenvalue weighted by molar-refractivity contribution is 6.31. The lowest BCUT2D eigenvalue weighted by atomic mass is 10.1.